The first-order chi connectivity index (χ1) is 34.2. The first-order valence-electron chi connectivity index (χ1n) is 20.1. The molecule has 0 aliphatic heterocycles. The average Bonchev–Trinajstić information content (AvgIpc) is 3.31. The Morgan fingerprint density at radius 3 is 1.20 bits per heavy atom. The van der Waals surface area contributed by atoms with Gasteiger partial charge in [-0.25, -0.2) is 33.7 Å². The zero-order valence-corrected chi connectivity index (χ0v) is 53.9. The van der Waals surface area contributed by atoms with Gasteiger partial charge in [-0.15, -0.1) is 20.5 Å². The van der Waals surface area contributed by atoms with Crippen LogP contribution in [0.2, 0.25) is 0 Å². The maximum absolute atomic E-state index is 13.1. The monoisotopic (exact) mass is 1290 g/mol. The van der Waals surface area contributed by atoms with E-state index in [0.717, 1.165) is 72.8 Å². The van der Waals surface area contributed by atoms with Crippen molar-refractivity contribution in [3.05, 3.63) is 139 Å². The molecule has 0 unspecified atom stereocenters. The van der Waals surface area contributed by atoms with E-state index < -0.39 is 100 Å². The molecule has 8 aromatic rings. The van der Waals surface area contributed by atoms with Gasteiger partial charge in [0.25, 0.3) is 0 Å². The number of hydrogen-bond acceptors (Lipinski definition) is 24. The molecule has 0 spiro atoms. The molecule has 0 atom stereocenters. The van der Waals surface area contributed by atoms with Crippen LogP contribution < -0.4 is 129 Å². The Labute approximate surface area is 558 Å². The minimum absolute atomic E-state index is 0. The summed E-state index contributed by atoms with van der Waals surface area (Å²) < 4.78 is 143. The Balaban J connectivity index is 0.00000356. The van der Waals surface area contributed by atoms with Gasteiger partial charge in [0.2, 0.25) is 5.69 Å². The maximum Gasteiger partial charge on any atom is 1.00 e. The molecule has 2 radical (unpaired) electrons. The molecule has 0 aliphatic carbocycles. The predicted octanol–water partition coefficient (Wildman–Crippen LogP) is -3.31. The summed E-state index contributed by atoms with van der Waals surface area (Å²) in [6.45, 7) is 0. The van der Waals surface area contributed by atoms with E-state index in [4.69, 9.17) is 0 Å². The summed E-state index contributed by atoms with van der Waals surface area (Å²) in [5.74, 6) is -3.10. The Morgan fingerprint density at radius 1 is 0.430 bits per heavy atom. The molecule has 0 aromatic heterocycles. The van der Waals surface area contributed by atoms with Crippen LogP contribution in [0.25, 0.3) is 21.5 Å². The second kappa shape index (κ2) is 28.6. The van der Waals surface area contributed by atoms with Gasteiger partial charge in [-0.1, -0.05) is 24.3 Å². The number of phenolic OH excluding ortho intramolecular Hbond substituents is 4. The second-order valence-electron chi connectivity index (χ2n) is 15.3. The SMILES string of the molecule is O=S(=O)([O-])c1cccc(Nc2ccc3cc(S(=O)(=O)[O-])c(N=Nc4ccc(N=[N+]([O-])c5ccc(N=Nc6c(S(=O)(=O)[O-])cc7ccc(Nc8cccc(S(=O)(=O)[O-])c8)cc7c6O)c(O)c5)cc4O)c(O)c3c2)c1.[Cu].[Cu].[Na+].[Na+].[Na+].[Na+]. The third kappa shape index (κ3) is 17.2. The fraction of sp³-hybridized carbons (Fsp3) is 0. The number of anilines is 4. The number of fused-ring (bicyclic) bond motifs is 2. The molecular formula is C44H28Cu2N8Na4O17S4. The molecular weight excluding hydrogens is 1260 g/mol. The quantitative estimate of drug-likeness (QED) is 0.0204. The van der Waals surface area contributed by atoms with Crippen molar-refractivity contribution in [2.75, 3.05) is 10.6 Å². The normalized spacial score (nSPS) is 11.8. The number of rotatable bonds is 14. The van der Waals surface area contributed by atoms with Crippen LogP contribution >= 0.6 is 0 Å². The molecule has 0 saturated carbocycles. The minimum Gasteiger partial charge on any atom is -0.744 e. The molecule has 79 heavy (non-hydrogen) atoms. The van der Waals surface area contributed by atoms with Crippen molar-refractivity contribution >= 4 is 119 Å². The number of nitrogens with one attached hydrogen (secondary N) is 2. The Kier molecular flexibility index (Phi) is 25.8. The molecule has 0 bridgehead atoms. The number of nitrogens with zero attached hydrogens (tertiary/aromatic N) is 6. The first kappa shape index (κ1) is 71.5. The van der Waals surface area contributed by atoms with Crippen molar-refractivity contribution < 1.29 is 230 Å². The van der Waals surface area contributed by atoms with Crippen LogP contribution in [0, 0.1) is 5.21 Å². The van der Waals surface area contributed by atoms with E-state index in [1.807, 2.05) is 0 Å². The van der Waals surface area contributed by atoms with Crippen molar-refractivity contribution in [3.8, 4) is 23.0 Å². The summed E-state index contributed by atoms with van der Waals surface area (Å²) in [6, 6.07) is 25.8. The van der Waals surface area contributed by atoms with Crippen LogP contribution in [0.5, 0.6) is 23.0 Å². The molecule has 0 aliphatic rings. The van der Waals surface area contributed by atoms with Gasteiger partial charge in [0.1, 0.15) is 80.4 Å². The Morgan fingerprint density at radius 2 is 0.823 bits per heavy atom. The van der Waals surface area contributed by atoms with Crippen LogP contribution in [0.15, 0.2) is 179 Å². The third-order valence-corrected chi connectivity index (χ3v) is 13.7. The van der Waals surface area contributed by atoms with E-state index in [2.05, 4.69) is 36.2 Å². The molecule has 0 amide bonds. The number of azo groups is 3. The van der Waals surface area contributed by atoms with Crippen LogP contribution in [0.3, 0.4) is 0 Å². The fourth-order valence-electron chi connectivity index (χ4n) is 6.95. The second-order valence-corrected chi connectivity index (χ2v) is 20.7. The van der Waals surface area contributed by atoms with Crippen LogP contribution in [0.1, 0.15) is 0 Å². The van der Waals surface area contributed by atoms with Gasteiger partial charge in [0, 0.05) is 84.9 Å². The van der Waals surface area contributed by atoms with Gasteiger partial charge in [-0.2, -0.15) is 0 Å². The third-order valence-electron chi connectivity index (χ3n) is 10.3. The van der Waals surface area contributed by atoms with E-state index in [0.29, 0.717) is 0 Å². The zero-order valence-electron chi connectivity index (χ0n) is 40.7. The zero-order chi connectivity index (χ0) is 52.8. The summed E-state index contributed by atoms with van der Waals surface area (Å²) in [5, 5.41) is 81.4. The van der Waals surface area contributed by atoms with Crippen molar-refractivity contribution in [1.82, 2.24) is 0 Å². The summed E-state index contributed by atoms with van der Waals surface area (Å²) in [5.41, 5.74) is -2.22. The summed E-state index contributed by atoms with van der Waals surface area (Å²) in [4.78, 5) is -3.03. The van der Waals surface area contributed by atoms with Crippen LogP contribution in [0.4, 0.5) is 56.9 Å². The summed E-state index contributed by atoms with van der Waals surface area (Å²) >= 11 is 0. The van der Waals surface area contributed by atoms with Crippen molar-refractivity contribution in [2.24, 2.45) is 25.6 Å². The van der Waals surface area contributed by atoms with E-state index in [1.165, 1.54) is 60.7 Å². The molecule has 25 nitrogen and oxygen atoms in total. The Hall–Kier alpha value is -3.64. The van der Waals surface area contributed by atoms with E-state index >= 15 is 0 Å². The van der Waals surface area contributed by atoms with Gasteiger partial charge in [0.15, 0.2) is 11.5 Å². The predicted molar refractivity (Wildman–Crippen MR) is 252 cm³/mol. The molecule has 6 N–H and O–H groups in total. The summed E-state index contributed by atoms with van der Waals surface area (Å²) in [7, 11) is -20.2. The van der Waals surface area contributed by atoms with Crippen molar-refractivity contribution in [1.29, 1.82) is 0 Å². The molecule has 0 saturated heterocycles. The van der Waals surface area contributed by atoms with E-state index in [-0.39, 0.29) is 219 Å². The minimum atomic E-state index is -5.32. The van der Waals surface area contributed by atoms with E-state index in [1.54, 1.807) is 0 Å². The summed E-state index contributed by atoms with van der Waals surface area (Å²) in [6.07, 6.45) is 0. The van der Waals surface area contributed by atoms with Gasteiger partial charge in [0.05, 0.1) is 25.6 Å². The Bertz CT molecular complexity index is 4210. The molecule has 0 fully saturated rings. The number of hydrogen-bond donors (Lipinski definition) is 6. The van der Waals surface area contributed by atoms with Crippen LogP contribution in [-0.4, -0.2) is 77.2 Å². The fourth-order valence-corrected chi connectivity index (χ4v) is 9.27. The standard InChI is InChI=1S/C44H32N8O17S4.2Cu.4Na/c53-37-21-29(11-13-35(37)47-49-41-39(72(64,65)66)15-23-7-9-27(19-33(23)43(41)55)45-25-3-1-5-31(17-25)70(58,59)60)51-52(57)30-12-14-36(38(54)22-30)48-50-42-40(73(67,68)69)16-24-8-10-28(20-34(24)44(42)56)46-26-4-2-6-32(18-26)71(61,62)63;;;;;;/h1-22,45-46,53-56H,(H,58,59,60)(H,61,62,63)(H,64,65,66)(H,67,68,69);;;;;;/q;;;4*+1/p-4. The largest absolute Gasteiger partial charge is 1.00 e. The maximum atomic E-state index is 13.1. The topological polar surface area (TPSA) is 422 Å². The smallest absolute Gasteiger partial charge is 0.744 e. The van der Waals surface area contributed by atoms with Gasteiger partial charge in [-0.05, 0) is 107 Å². The molecule has 35 heteroatoms. The molecule has 0 heterocycles. The number of aromatic hydroxyl groups is 4. The van der Waals surface area contributed by atoms with Gasteiger partial charge in [-0.3, -0.25) is 0 Å². The van der Waals surface area contributed by atoms with Gasteiger partial charge < -0.3 is 54.5 Å². The van der Waals surface area contributed by atoms with Crippen molar-refractivity contribution in [3.63, 3.8) is 0 Å². The number of benzene rings is 8. The van der Waals surface area contributed by atoms with Crippen LogP contribution in [-0.2, 0) is 74.6 Å². The molecule has 8 rings (SSSR count). The van der Waals surface area contributed by atoms with Gasteiger partial charge >= 0.3 is 118 Å². The first-order valence-corrected chi connectivity index (χ1v) is 25.7. The molecule has 8 aromatic carbocycles. The average molecular weight is 1290 g/mol. The van der Waals surface area contributed by atoms with E-state index in [9.17, 15) is 77.5 Å². The number of phenols is 4. The molecule has 396 valence electrons. The van der Waals surface area contributed by atoms with Crippen molar-refractivity contribution in [2.45, 2.75) is 19.6 Å².